The van der Waals surface area contributed by atoms with Gasteiger partial charge in [-0.25, -0.2) is 0 Å². The molecule has 2 nitrogen and oxygen atoms in total. The van der Waals surface area contributed by atoms with Crippen molar-refractivity contribution in [1.29, 1.82) is 0 Å². The van der Waals surface area contributed by atoms with Crippen molar-refractivity contribution in [3.05, 3.63) is 54.6 Å². The molecule has 0 spiro atoms. The van der Waals surface area contributed by atoms with Gasteiger partial charge in [0, 0.05) is 16.8 Å². The summed E-state index contributed by atoms with van der Waals surface area (Å²) in [4.78, 5) is 7.51. The Morgan fingerprint density at radius 3 is 2.76 bits per heavy atom. The molecule has 0 aliphatic carbocycles. The number of anilines is 3. The molecule has 5 rings (SSSR count). The normalized spacial score (nSPS) is 15.3. The maximum Gasteiger partial charge on any atom is 0.0951 e. The molecule has 102 valence electrons. The van der Waals surface area contributed by atoms with Crippen molar-refractivity contribution < 1.29 is 0 Å². The van der Waals surface area contributed by atoms with Crippen LogP contribution in [-0.2, 0) is 0 Å². The molecule has 0 saturated carbocycles. The smallest absolute Gasteiger partial charge is 0.0951 e. The van der Waals surface area contributed by atoms with Gasteiger partial charge in [-0.2, -0.15) is 0 Å². The lowest BCUT2D eigenvalue weighted by Gasteiger charge is -2.29. The fraction of sp³-hybridized carbons (Fsp3) is 0.111. The molecular formula is C18H14N2S. The summed E-state index contributed by atoms with van der Waals surface area (Å²) in [5, 5.41) is 2.67. The van der Waals surface area contributed by atoms with E-state index < -0.39 is 0 Å². The average molecular weight is 290 g/mol. The molecule has 0 unspecified atom stereocenters. The summed E-state index contributed by atoms with van der Waals surface area (Å²) in [6.45, 7) is 0.929. The molecule has 0 amide bonds. The summed E-state index contributed by atoms with van der Waals surface area (Å²) in [5.74, 6) is 0. The first-order chi connectivity index (χ1) is 10.3. The zero-order valence-corrected chi connectivity index (χ0v) is 12.5. The molecule has 0 bridgehead atoms. The largest absolute Gasteiger partial charge is 0.355 e. The Hall–Kier alpha value is -2.13. The van der Waals surface area contributed by atoms with E-state index in [-0.39, 0.29) is 0 Å². The van der Waals surface area contributed by atoms with Crippen LogP contribution in [0.5, 0.6) is 0 Å². The second-order valence-electron chi connectivity index (χ2n) is 5.63. The fourth-order valence-corrected chi connectivity index (χ4v) is 4.65. The number of para-hydroxylation sites is 1. The van der Waals surface area contributed by atoms with Gasteiger partial charge in [-0.3, -0.25) is 0 Å². The van der Waals surface area contributed by atoms with E-state index in [0.29, 0.717) is 0 Å². The van der Waals surface area contributed by atoms with Crippen LogP contribution in [0.1, 0.15) is 0 Å². The van der Waals surface area contributed by atoms with E-state index in [2.05, 4.69) is 71.4 Å². The predicted octanol–water partition coefficient (Wildman–Crippen LogP) is 4.85. The highest BCUT2D eigenvalue weighted by atomic mass is 32.2. The van der Waals surface area contributed by atoms with Crippen LogP contribution in [0.15, 0.2) is 64.4 Å². The molecule has 3 aromatic rings. The minimum Gasteiger partial charge on any atom is -0.355 e. The van der Waals surface area contributed by atoms with E-state index in [1.54, 1.807) is 0 Å². The Bertz CT molecular complexity index is 888. The van der Waals surface area contributed by atoms with Gasteiger partial charge in [0.15, 0.2) is 0 Å². The summed E-state index contributed by atoms with van der Waals surface area (Å²) >= 11 is 1.90. The van der Waals surface area contributed by atoms with Gasteiger partial charge in [0.05, 0.1) is 23.7 Å². The number of fused-ring (bicyclic) bond motifs is 4. The molecule has 0 fully saturated rings. The maximum absolute atomic E-state index is 2.45. The highest BCUT2D eigenvalue weighted by Gasteiger charge is 2.33. The molecule has 2 aliphatic rings. The van der Waals surface area contributed by atoms with Crippen LogP contribution in [-0.4, -0.2) is 13.7 Å². The third kappa shape index (κ3) is 1.44. The molecule has 21 heavy (non-hydrogen) atoms. The Labute approximate surface area is 128 Å². The van der Waals surface area contributed by atoms with E-state index in [0.717, 1.165) is 6.67 Å². The highest BCUT2D eigenvalue weighted by Crippen LogP contribution is 2.55. The van der Waals surface area contributed by atoms with Crippen LogP contribution < -0.4 is 9.80 Å². The maximum atomic E-state index is 2.45. The van der Waals surface area contributed by atoms with Gasteiger partial charge < -0.3 is 9.80 Å². The Morgan fingerprint density at radius 2 is 1.81 bits per heavy atom. The van der Waals surface area contributed by atoms with Crippen LogP contribution >= 0.6 is 11.8 Å². The second-order valence-corrected chi connectivity index (χ2v) is 6.68. The van der Waals surface area contributed by atoms with Crippen molar-refractivity contribution >= 4 is 39.6 Å². The van der Waals surface area contributed by atoms with Gasteiger partial charge in [0.1, 0.15) is 0 Å². The van der Waals surface area contributed by atoms with Crippen LogP contribution in [0.4, 0.5) is 17.1 Å². The molecule has 3 heteroatoms. The fourth-order valence-electron chi connectivity index (χ4n) is 3.39. The standard InChI is InChI=1S/C18H14N2S/c1-19-11-20-15-10-9-12-5-2-3-6-13(12)18(15)21-16-8-4-7-14(19)17(16)20/h2-10H,11H2,1H3. The molecule has 2 aliphatic heterocycles. The summed E-state index contributed by atoms with van der Waals surface area (Å²) in [6, 6.07) is 19.8. The third-order valence-corrected chi connectivity index (χ3v) is 5.56. The number of rotatable bonds is 0. The number of nitrogens with zero attached hydrogens (tertiary/aromatic N) is 2. The first-order valence-electron chi connectivity index (χ1n) is 7.14. The van der Waals surface area contributed by atoms with Crippen LogP contribution in [0.3, 0.4) is 0 Å². The Morgan fingerprint density at radius 1 is 0.905 bits per heavy atom. The Kier molecular flexibility index (Phi) is 2.17. The summed E-state index contributed by atoms with van der Waals surface area (Å²) < 4.78 is 0. The lowest BCUT2D eigenvalue weighted by Crippen LogP contribution is -2.25. The van der Waals surface area contributed by atoms with Gasteiger partial charge in [0.25, 0.3) is 0 Å². The quantitative estimate of drug-likeness (QED) is 0.584. The molecule has 0 aromatic heterocycles. The SMILES string of the molecule is CN1CN2c3ccc4ccccc4c3Sc3cccc1c32. The lowest BCUT2D eigenvalue weighted by molar-refractivity contribution is 0.937. The molecule has 0 N–H and O–H groups in total. The van der Waals surface area contributed by atoms with Crippen molar-refractivity contribution in [2.75, 3.05) is 23.5 Å². The number of benzene rings is 3. The molecular weight excluding hydrogens is 276 g/mol. The van der Waals surface area contributed by atoms with E-state index in [9.17, 15) is 0 Å². The van der Waals surface area contributed by atoms with Gasteiger partial charge >= 0.3 is 0 Å². The molecule has 0 radical (unpaired) electrons. The third-order valence-electron chi connectivity index (χ3n) is 4.37. The first-order valence-corrected chi connectivity index (χ1v) is 7.96. The van der Waals surface area contributed by atoms with Gasteiger partial charge in [-0.15, -0.1) is 0 Å². The molecule has 3 aromatic carbocycles. The van der Waals surface area contributed by atoms with Gasteiger partial charge in [-0.05, 0) is 29.0 Å². The summed E-state index contributed by atoms with van der Waals surface area (Å²) in [5.41, 5.74) is 4.04. The number of hydrogen-bond acceptors (Lipinski definition) is 3. The second kappa shape index (κ2) is 3.95. The van der Waals surface area contributed by atoms with E-state index in [1.807, 2.05) is 11.8 Å². The van der Waals surface area contributed by atoms with E-state index >= 15 is 0 Å². The van der Waals surface area contributed by atoms with Crippen molar-refractivity contribution in [2.45, 2.75) is 9.79 Å². The highest BCUT2D eigenvalue weighted by molar-refractivity contribution is 8.00. The van der Waals surface area contributed by atoms with Crippen molar-refractivity contribution in [3.63, 3.8) is 0 Å². The monoisotopic (exact) mass is 290 g/mol. The zero-order chi connectivity index (χ0) is 14.0. The molecule has 0 saturated heterocycles. The molecule has 0 atom stereocenters. The Balaban J connectivity index is 1.84. The lowest BCUT2D eigenvalue weighted by atomic mass is 10.1. The average Bonchev–Trinajstić information content (AvgIpc) is 2.86. The van der Waals surface area contributed by atoms with Gasteiger partial charge in [0.2, 0.25) is 0 Å². The predicted molar refractivity (Wildman–Crippen MR) is 89.9 cm³/mol. The first kappa shape index (κ1) is 11.5. The summed E-state index contributed by atoms with van der Waals surface area (Å²) in [7, 11) is 2.17. The van der Waals surface area contributed by atoms with Crippen molar-refractivity contribution in [2.24, 2.45) is 0 Å². The van der Waals surface area contributed by atoms with Crippen molar-refractivity contribution in [1.82, 2.24) is 0 Å². The van der Waals surface area contributed by atoms with E-state index in [1.165, 1.54) is 37.6 Å². The zero-order valence-electron chi connectivity index (χ0n) is 11.7. The van der Waals surface area contributed by atoms with Gasteiger partial charge in [-0.1, -0.05) is 48.2 Å². The van der Waals surface area contributed by atoms with E-state index in [4.69, 9.17) is 0 Å². The number of hydrogen-bond donors (Lipinski definition) is 0. The topological polar surface area (TPSA) is 6.48 Å². The van der Waals surface area contributed by atoms with Crippen LogP contribution in [0, 0.1) is 0 Å². The minimum atomic E-state index is 0.929. The summed E-state index contributed by atoms with van der Waals surface area (Å²) in [6.07, 6.45) is 0. The van der Waals surface area contributed by atoms with Crippen LogP contribution in [0.2, 0.25) is 0 Å². The molecule has 2 heterocycles. The van der Waals surface area contributed by atoms with Crippen molar-refractivity contribution in [3.8, 4) is 0 Å². The van der Waals surface area contributed by atoms with Crippen LogP contribution in [0.25, 0.3) is 10.8 Å². The minimum absolute atomic E-state index is 0.929.